The summed E-state index contributed by atoms with van der Waals surface area (Å²) in [6, 6.07) is 135. The molecular formula is C96H62. The summed E-state index contributed by atoms with van der Waals surface area (Å²) >= 11 is 0. The lowest BCUT2D eigenvalue weighted by Gasteiger charge is -2.09. The lowest BCUT2D eigenvalue weighted by molar-refractivity contribution is 1.76. The third-order valence-corrected chi connectivity index (χ3v) is 19.9. The first-order chi connectivity index (χ1) is 47.6. The van der Waals surface area contributed by atoms with Gasteiger partial charge in [0.1, 0.15) is 0 Å². The average molecular weight is 1220 g/mol. The summed E-state index contributed by atoms with van der Waals surface area (Å²) in [5.41, 5.74) is 0. The normalized spacial score (nSPS) is 11.5. The number of rotatable bonds is 0. The molecule has 0 aliphatic heterocycles. The van der Waals surface area contributed by atoms with Gasteiger partial charge in [-0.3, -0.25) is 0 Å². The van der Waals surface area contributed by atoms with Gasteiger partial charge in [-0.25, -0.2) is 0 Å². The van der Waals surface area contributed by atoms with Gasteiger partial charge in [0.15, 0.2) is 0 Å². The second kappa shape index (κ2) is 23.9. The van der Waals surface area contributed by atoms with Crippen LogP contribution in [0.25, 0.3) is 183 Å². The van der Waals surface area contributed by atoms with E-state index in [0.29, 0.717) is 0 Å². The second-order valence-corrected chi connectivity index (χ2v) is 25.3. The molecule has 0 atom stereocenters. The zero-order chi connectivity index (χ0) is 63.5. The molecular weight excluding hydrogens is 1150 g/mol. The SMILES string of the molecule is c1cc2ccc3cccc4ccc(c1)c2c34.c1cc2ccc3cccc4ccc(c1)c2c34.c1cc2ccc3cccc4ccc(c1)c2c34.c1cc2ccc3cccc4ccc(c1)c2c34.c1ccc2c(c1)c1ccccc1c1ccccc21.c1ccc2c(c1)ccc1ccccc12. The van der Waals surface area contributed by atoms with Crippen LogP contribution >= 0.6 is 0 Å². The van der Waals surface area contributed by atoms with Crippen LogP contribution < -0.4 is 0 Å². The summed E-state index contributed by atoms with van der Waals surface area (Å²) in [5, 5.41) is 45.9. The van der Waals surface area contributed by atoms with Crippen molar-refractivity contribution in [1.82, 2.24) is 0 Å². The van der Waals surface area contributed by atoms with E-state index < -0.39 is 0 Å². The Morgan fingerprint density at radius 3 is 0.323 bits per heavy atom. The van der Waals surface area contributed by atoms with Gasteiger partial charge in [0.05, 0.1) is 0 Å². The van der Waals surface area contributed by atoms with E-state index in [4.69, 9.17) is 0 Å². The Bertz CT molecular complexity index is 5420. The van der Waals surface area contributed by atoms with E-state index in [1.54, 1.807) is 0 Å². The highest BCUT2D eigenvalue weighted by molar-refractivity contribution is 6.28. The minimum atomic E-state index is 1.31. The molecule has 0 saturated carbocycles. The fraction of sp³-hybridized carbons (Fsp3) is 0. The van der Waals surface area contributed by atoms with E-state index in [1.165, 1.54) is 183 Å². The van der Waals surface area contributed by atoms with Crippen LogP contribution in [0.1, 0.15) is 0 Å². The van der Waals surface area contributed by atoms with Crippen molar-refractivity contribution in [2.45, 2.75) is 0 Å². The monoisotopic (exact) mass is 1210 g/mol. The van der Waals surface area contributed by atoms with Crippen molar-refractivity contribution in [3.8, 4) is 0 Å². The molecule has 0 amide bonds. The Balaban J connectivity index is 0.0000000841. The van der Waals surface area contributed by atoms with Crippen molar-refractivity contribution >= 4 is 183 Å². The molecule has 23 aromatic rings. The first kappa shape index (κ1) is 56.3. The molecule has 0 fully saturated rings. The Morgan fingerprint density at radius 2 is 0.177 bits per heavy atom. The van der Waals surface area contributed by atoms with Crippen molar-refractivity contribution in [1.29, 1.82) is 0 Å². The van der Waals surface area contributed by atoms with Gasteiger partial charge in [0.25, 0.3) is 0 Å². The predicted molar refractivity (Wildman–Crippen MR) is 421 cm³/mol. The maximum Gasteiger partial charge on any atom is -0.00268 e. The molecule has 446 valence electrons. The van der Waals surface area contributed by atoms with Crippen LogP contribution in [0.4, 0.5) is 0 Å². The lowest BCUT2D eigenvalue weighted by Crippen LogP contribution is -1.82. The molecule has 0 radical (unpaired) electrons. The number of fused-ring (bicyclic) bond motifs is 9. The van der Waals surface area contributed by atoms with E-state index in [-0.39, 0.29) is 0 Å². The van der Waals surface area contributed by atoms with Gasteiger partial charge in [-0.15, -0.1) is 0 Å². The van der Waals surface area contributed by atoms with Crippen LogP contribution in [0.5, 0.6) is 0 Å². The van der Waals surface area contributed by atoms with Gasteiger partial charge < -0.3 is 0 Å². The van der Waals surface area contributed by atoms with Gasteiger partial charge >= 0.3 is 0 Å². The van der Waals surface area contributed by atoms with Crippen LogP contribution in [0.15, 0.2) is 376 Å². The first-order valence-electron chi connectivity index (χ1n) is 33.3. The van der Waals surface area contributed by atoms with Gasteiger partial charge in [0, 0.05) is 0 Å². The van der Waals surface area contributed by atoms with E-state index in [2.05, 4.69) is 376 Å². The summed E-state index contributed by atoms with van der Waals surface area (Å²) in [5.74, 6) is 0. The van der Waals surface area contributed by atoms with Crippen LogP contribution in [0.3, 0.4) is 0 Å². The standard InChI is InChI=1S/C18H12.4C16H10.C14H10/c1-2-8-14-13(7-1)15-9-3-4-11-17(15)18-12-6-5-10-16(14)18;4*1-3-11-7-9-13-5-2-6-14-10-8-12(4-1)15(11)16(13)14;1-3-7-13-11(5-1)9-10-12-6-2-4-8-14(12)13/h1-12H;4*1-10H;1-10H. The third-order valence-electron chi connectivity index (χ3n) is 19.9. The Hall–Kier alpha value is -12.5. The van der Waals surface area contributed by atoms with E-state index >= 15 is 0 Å². The van der Waals surface area contributed by atoms with Gasteiger partial charge in [-0.2, -0.15) is 0 Å². The molecule has 0 heterocycles. The van der Waals surface area contributed by atoms with Crippen LogP contribution in [-0.4, -0.2) is 0 Å². The average Bonchev–Trinajstić information content (AvgIpc) is 0.795. The van der Waals surface area contributed by atoms with Crippen LogP contribution in [0, 0.1) is 0 Å². The van der Waals surface area contributed by atoms with E-state index in [1.807, 2.05) is 0 Å². The summed E-state index contributed by atoms with van der Waals surface area (Å²) in [6.45, 7) is 0. The quantitative estimate of drug-likeness (QED) is 0.133. The molecule has 0 unspecified atom stereocenters. The molecule has 0 aliphatic rings. The first-order valence-corrected chi connectivity index (χ1v) is 33.3. The number of benzene rings is 23. The molecule has 0 N–H and O–H groups in total. The predicted octanol–water partition coefficient (Wildman–Crippen LogP) is 27.5. The molecule has 0 bridgehead atoms. The fourth-order valence-corrected chi connectivity index (χ4v) is 15.5. The summed E-state index contributed by atoms with van der Waals surface area (Å²) < 4.78 is 0. The molecule has 0 aromatic heterocycles. The second-order valence-electron chi connectivity index (χ2n) is 25.3. The summed E-state index contributed by atoms with van der Waals surface area (Å²) in [6.07, 6.45) is 0. The largest absolute Gasteiger partial charge is 0.0616 e. The van der Waals surface area contributed by atoms with E-state index in [0.717, 1.165) is 0 Å². The maximum atomic E-state index is 2.21. The highest BCUT2D eigenvalue weighted by atomic mass is 14.2. The zero-order valence-electron chi connectivity index (χ0n) is 52.8. The Kier molecular flexibility index (Phi) is 14.0. The van der Waals surface area contributed by atoms with Crippen molar-refractivity contribution in [2.75, 3.05) is 0 Å². The molecule has 96 heavy (non-hydrogen) atoms. The topological polar surface area (TPSA) is 0 Å². The van der Waals surface area contributed by atoms with E-state index in [9.17, 15) is 0 Å². The molecule has 23 rings (SSSR count). The van der Waals surface area contributed by atoms with Crippen molar-refractivity contribution in [3.63, 3.8) is 0 Å². The van der Waals surface area contributed by atoms with Crippen LogP contribution in [0.2, 0.25) is 0 Å². The van der Waals surface area contributed by atoms with Gasteiger partial charge in [-0.1, -0.05) is 376 Å². The molecule has 0 spiro atoms. The Morgan fingerprint density at radius 1 is 0.0729 bits per heavy atom. The van der Waals surface area contributed by atoms with Crippen LogP contribution in [-0.2, 0) is 0 Å². The zero-order valence-corrected chi connectivity index (χ0v) is 52.8. The Labute approximate surface area is 555 Å². The minimum absolute atomic E-state index is 1.31. The maximum absolute atomic E-state index is 2.21. The van der Waals surface area contributed by atoms with Gasteiger partial charge in [0.2, 0.25) is 0 Å². The highest BCUT2D eigenvalue weighted by Gasteiger charge is 2.12. The summed E-state index contributed by atoms with van der Waals surface area (Å²) in [7, 11) is 0. The molecule has 0 saturated heterocycles. The van der Waals surface area contributed by atoms with Crippen molar-refractivity contribution < 1.29 is 0 Å². The smallest absolute Gasteiger partial charge is 0.00268 e. The summed E-state index contributed by atoms with van der Waals surface area (Å²) in [4.78, 5) is 0. The molecule has 23 aromatic carbocycles. The highest BCUT2D eigenvalue weighted by Crippen LogP contribution is 2.40. The number of hydrogen-bond donors (Lipinski definition) is 0. The minimum Gasteiger partial charge on any atom is -0.0616 e. The lowest BCUT2D eigenvalue weighted by atomic mass is 9.95. The fourth-order valence-electron chi connectivity index (χ4n) is 15.5. The molecule has 0 aliphatic carbocycles. The molecule has 0 nitrogen and oxygen atoms in total. The van der Waals surface area contributed by atoms with Crippen molar-refractivity contribution in [3.05, 3.63) is 376 Å². The van der Waals surface area contributed by atoms with Crippen molar-refractivity contribution in [2.24, 2.45) is 0 Å². The van der Waals surface area contributed by atoms with Gasteiger partial charge in [-0.05, 0) is 183 Å². The number of hydrogen-bond acceptors (Lipinski definition) is 0. The third kappa shape index (κ3) is 9.86. The molecule has 0 heteroatoms.